The molecule has 0 saturated carbocycles. The van der Waals surface area contributed by atoms with Crippen molar-refractivity contribution in [1.29, 1.82) is 0 Å². The lowest BCUT2D eigenvalue weighted by Crippen LogP contribution is -2.44. The Hall–Kier alpha value is -3.08. The number of amides is 1. The normalized spacial score (nSPS) is 17.0. The molecule has 4 rings (SSSR count). The molecule has 10 nitrogen and oxygen atoms in total. The number of carbonyl (C=O) groups excluding carboxylic acids is 1. The van der Waals surface area contributed by atoms with E-state index in [1.165, 1.54) is 5.01 Å². The van der Waals surface area contributed by atoms with Gasteiger partial charge in [0.1, 0.15) is 0 Å². The van der Waals surface area contributed by atoms with Crippen molar-refractivity contribution < 1.29 is 14.6 Å². The number of ether oxygens (including phenoxy) is 1. The molecule has 3 heterocycles. The van der Waals surface area contributed by atoms with Crippen molar-refractivity contribution in [3.05, 3.63) is 30.5 Å². The molecule has 1 aliphatic heterocycles. The molecule has 170 valence electrons. The largest absolute Gasteiger partial charge is 0.389 e. The minimum absolute atomic E-state index is 0.138. The summed E-state index contributed by atoms with van der Waals surface area (Å²) in [6.07, 6.45) is 2.46. The van der Waals surface area contributed by atoms with Crippen molar-refractivity contribution in [2.75, 3.05) is 36.7 Å². The van der Waals surface area contributed by atoms with Crippen LogP contribution >= 0.6 is 0 Å². The highest BCUT2D eigenvalue weighted by molar-refractivity contribution is 5.91. The lowest BCUT2D eigenvalue weighted by Gasteiger charge is -2.33. The number of anilines is 2. The van der Waals surface area contributed by atoms with Crippen LogP contribution in [0.3, 0.4) is 0 Å². The number of carbonyl (C=O) groups is 1. The van der Waals surface area contributed by atoms with Gasteiger partial charge in [0.25, 0.3) is 0 Å². The fourth-order valence-corrected chi connectivity index (χ4v) is 3.82. The third kappa shape index (κ3) is 4.43. The average molecular weight is 440 g/mol. The number of benzene rings is 1. The summed E-state index contributed by atoms with van der Waals surface area (Å²) in [7, 11) is 1.68. The van der Waals surface area contributed by atoms with Crippen LogP contribution in [-0.4, -0.2) is 69.7 Å². The summed E-state index contributed by atoms with van der Waals surface area (Å²) in [6, 6.07) is 7.69. The number of hydrogen-bond donors (Lipinski definition) is 2. The molecule has 2 N–H and O–H groups in total. The number of nitrogens with one attached hydrogen (secondary N) is 1. The van der Waals surface area contributed by atoms with Crippen LogP contribution in [0.4, 0.5) is 11.6 Å². The smallest absolute Gasteiger partial charge is 0.228 e. The van der Waals surface area contributed by atoms with Gasteiger partial charge in [-0.05, 0) is 32.9 Å². The second-order valence-electron chi connectivity index (χ2n) is 8.59. The Bertz CT molecular complexity index is 1090. The second-order valence-corrected chi connectivity index (χ2v) is 8.59. The van der Waals surface area contributed by atoms with Gasteiger partial charge in [0.2, 0.25) is 12.4 Å². The number of hydrogen-bond acceptors (Lipinski definition) is 8. The van der Waals surface area contributed by atoms with E-state index in [0.717, 1.165) is 28.7 Å². The molecule has 1 aliphatic rings. The zero-order chi connectivity index (χ0) is 22.9. The topological polar surface area (TPSA) is 109 Å². The average Bonchev–Trinajstić information content (AvgIpc) is 3.16. The molecular formula is C22H29N7O3. The number of morpholine rings is 1. The summed E-state index contributed by atoms with van der Waals surface area (Å²) in [6.45, 7) is 7.80. The van der Waals surface area contributed by atoms with Crippen molar-refractivity contribution in [3.63, 3.8) is 0 Å². The Labute approximate surface area is 186 Å². The van der Waals surface area contributed by atoms with Gasteiger partial charge in [0.15, 0.2) is 5.65 Å². The summed E-state index contributed by atoms with van der Waals surface area (Å²) in [4.78, 5) is 23.1. The fourth-order valence-electron chi connectivity index (χ4n) is 3.82. The van der Waals surface area contributed by atoms with Crippen LogP contribution in [0.2, 0.25) is 0 Å². The van der Waals surface area contributed by atoms with Crippen molar-refractivity contribution in [2.45, 2.75) is 39.0 Å². The van der Waals surface area contributed by atoms with Gasteiger partial charge in [-0.1, -0.05) is 12.1 Å². The molecule has 1 atom stereocenters. The third-order valence-corrected chi connectivity index (χ3v) is 5.41. The van der Waals surface area contributed by atoms with Gasteiger partial charge in [-0.2, -0.15) is 10.1 Å². The highest BCUT2D eigenvalue weighted by Crippen LogP contribution is 2.31. The maximum Gasteiger partial charge on any atom is 0.228 e. The molecule has 0 bridgehead atoms. The predicted octanol–water partition coefficient (Wildman–Crippen LogP) is 1.59. The molecule has 2 aromatic heterocycles. The minimum atomic E-state index is -0.941. The molecule has 32 heavy (non-hydrogen) atoms. The van der Waals surface area contributed by atoms with E-state index in [2.05, 4.69) is 22.3 Å². The van der Waals surface area contributed by atoms with Crippen molar-refractivity contribution >= 4 is 29.1 Å². The maximum absolute atomic E-state index is 11.2. The van der Waals surface area contributed by atoms with Gasteiger partial charge < -0.3 is 14.7 Å². The van der Waals surface area contributed by atoms with Crippen LogP contribution in [0.25, 0.3) is 22.3 Å². The van der Waals surface area contributed by atoms with Gasteiger partial charge in [-0.25, -0.2) is 20.1 Å². The van der Waals surface area contributed by atoms with E-state index in [1.807, 2.05) is 24.3 Å². The fraction of sp³-hybridized carbons (Fsp3) is 0.455. The van der Waals surface area contributed by atoms with Crippen molar-refractivity contribution in [2.24, 2.45) is 0 Å². The van der Waals surface area contributed by atoms with E-state index in [0.29, 0.717) is 37.9 Å². The zero-order valence-corrected chi connectivity index (χ0v) is 18.8. The van der Waals surface area contributed by atoms with Gasteiger partial charge >= 0.3 is 0 Å². The lowest BCUT2D eigenvalue weighted by atomic mass is 10.1. The molecule has 1 aromatic carbocycles. The lowest BCUT2D eigenvalue weighted by molar-refractivity contribution is -0.107. The third-order valence-electron chi connectivity index (χ3n) is 5.41. The van der Waals surface area contributed by atoms with Crippen molar-refractivity contribution in [1.82, 2.24) is 25.2 Å². The van der Waals surface area contributed by atoms with E-state index in [9.17, 15) is 9.90 Å². The monoisotopic (exact) mass is 439 g/mol. The number of aliphatic hydroxyl groups is 1. The maximum atomic E-state index is 11.2. The first-order valence-electron chi connectivity index (χ1n) is 10.6. The molecule has 1 amide bonds. The molecule has 0 unspecified atom stereocenters. The van der Waals surface area contributed by atoms with Crippen LogP contribution in [-0.2, 0) is 16.1 Å². The molecule has 10 heteroatoms. The minimum Gasteiger partial charge on any atom is -0.389 e. The molecule has 0 aliphatic carbocycles. The molecule has 1 saturated heterocycles. The van der Waals surface area contributed by atoms with Crippen LogP contribution in [0, 0.1) is 0 Å². The zero-order valence-electron chi connectivity index (χ0n) is 18.8. The quantitative estimate of drug-likeness (QED) is 0.422. The molecule has 1 fully saturated rings. The Morgan fingerprint density at radius 3 is 2.69 bits per heavy atom. The number of fused-ring (bicyclic) bond motifs is 1. The second kappa shape index (κ2) is 8.81. The highest BCUT2D eigenvalue weighted by atomic mass is 16.5. The first-order chi connectivity index (χ1) is 15.3. The van der Waals surface area contributed by atoms with Crippen LogP contribution in [0.15, 0.2) is 30.5 Å². The highest BCUT2D eigenvalue weighted by Gasteiger charge is 2.25. The van der Waals surface area contributed by atoms with E-state index in [1.54, 1.807) is 31.8 Å². The Balaban J connectivity index is 1.84. The summed E-state index contributed by atoms with van der Waals surface area (Å²) >= 11 is 0. The predicted molar refractivity (Wildman–Crippen MR) is 122 cm³/mol. The molecular weight excluding hydrogens is 410 g/mol. The standard InChI is InChI=1S/C22H29N7O3/c1-15-12-32-10-9-27(15)21-25-19(16-5-7-17(8-6-16)29(14-30)23-4)18-11-24-28(20(18)26-21)13-22(2,3)31/h5-8,11,14-15,23,31H,9-10,12-13H2,1-4H3/t15-/m1/s1. The summed E-state index contributed by atoms with van der Waals surface area (Å²) in [5.74, 6) is 0.606. The van der Waals surface area contributed by atoms with Crippen LogP contribution in [0.5, 0.6) is 0 Å². The Morgan fingerprint density at radius 2 is 2.06 bits per heavy atom. The Kier molecular flexibility index (Phi) is 6.09. The first-order valence-corrected chi connectivity index (χ1v) is 10.6. The number of rotatable bonds is 7. The number of nitrogens with zero attached hydrogens (tertiary/aromatic N) is 6. The molecule has 0 spiro atoms. The number of aromatic nitrogens is 4. The van der Waals surface area contributed by atoms with Crippen LogP contribution < -0.4 is 15.3 Å². The van der Waals surface area contributed by atoms with Crippen LogP contribution in [0.1, 0.15) is 20.8 Å². The first kappa shape index (κ1) is 22.1. The SMILES string of the molecule is CNN(C=O)c1ccc(-c2nc(N3CCOC[C@H]3C)nc3c2cnn3CC(C)(C)O)cc1. The summed E-state index contributed by atoms with van der Waals surface area (Å²) < 4.78 is 7.30. The molecule has 0 radical (unpaired) electrons. The Morgan fingerprint density at radius 1 is 1.31 bits per heavy atom. The van der Waals surface area contributed by atoms with Gasteiger partial charge in [-0.15, -0.1) is 0 Å². The van der Waals surface area contributed by atoms with Gasteiger partial charge in [0, 0.05) is 19.2 Å². The van der Waals surface area contributed by atoms with E-state index in [-0.39, 0.29) is 6.04 Å². The number of hydrazine groups is 1. The van der Waals surface area contributed by atoms with Gasteiger partial charge in [-0.3, -0.25) is 4.79 Å². The van der Waals surface area contributed by atoms with Gasteiger partial charge in [0.05, 0.1) is 54.4 Å². The van der Waals surface area contributed by atoms with E-state index >= 15 is 0 Å². The van der Waals surface area contributed by atoms with E-state index in [4.69, 9.17) is 14.7 Å². The summed E-state index contributed by atoms with van der Waals surface area (Å²) in [5.41, 5.74) is 4.90. The van der Waals surface area contributed by atoms with Crippen molar-refractivity contribution in [3.8, 4) is 11.3 Å². The molecule has 3 aromatic rings. The van der Waals surface area contributed by atoms with E-state index < -0.39 is 5.60 Å². The summed E-state index contributed by atoms with van der Waals surface area (Å²) in [5, 5.41) is 17.0.